The number of benzene rings is 1. The first-order chi connectivity index (χ1) is 14.8. The number of rotatable bonds is 8. The number of methoxy groups -OCH3 is 2. The summed E-state index contributed by atoms with van der Waals surface area (Å²) in [5.74, 6) is -1.13. The number of anilines is 1. The Kier molecular flexibility index (Phi) is 7.01. The molecular formula is C21H25N3O6S. The lowest BCUT2D eigenvalue weighted by atomic mass is 10.1. The summed E-state index contributed by atoms with van der Waals surface area (Å²) in [5.41, 5.74) is 12.3. The van der Waals surface area contributed by atoms with E-state index >= 15 is 0 Å². The average Bonchev–Trinajstić information content (AvgIpc) is 2.92. The number of carbonyl (C=O) groups excluding carboxylic acids is 3. The van der Waals surface area contributed by atoms with E-state index in [4.69, 9.17) is 25.7 Å². The van der Waals surface area contributed by atoms with Crippen LogP contribution >= 0.6 is 11.3 Å². The van der Waals surface area contributed by atoms with Gasteiger partial charge in [-0.15, -0.1) is 11.3 Å². The molecule has 0 unspecified atom stereocenters. The Labute approximate surface area is 183 Å². The van der Waals surface area contributed by atoms with Crippen molar-refractivity contribution in [1.82, 2.24) is 0 Å². The minimum Gasteiger partial charge on any atom is -0.493 e. The molecule has 0 aliphatic heterocycles. The molecule has 0 saturated carbocycles. The molecule has 0 atom stereocenters. The highest BCUT2D eigenvalue weighted by atomic mass is 32.1. The van der Waals surface area contributed by atoms with E-state index in [9.17, 15) is 14.4 Å². The van der Waals surface area contributed by atoms with E-state index in [0.29, 0.717) is 10.6 Å². The van der Waals surface area contributed by atoms with Crippen molar-refractivity contribution >= 4 is 34.1 Å². The van der Waals surface area contributed by atoms with Gasteiger partial charge in [-0.1, -0.05) is 6.42 Å². The maximum atomic E-state index is 13.0. The normalized spacial score (nSPS) is 13.0. The first-order valence-corrected chi connectivity index (χ1v) is 10.6. The van der Waals surface area contributed by atoms with Crippen molar-refractivity contribution in [2.24, 2.45) is 11.5 Å². The van der Waals surface area contributed by atoms with E-state index in [1.807, 2.05) is 0 Å². The second-order valence-corrected chi connectivity index (χ2v) is 8.16. The topological polar surface area (TPSA) is 143 Å². The summed E-state index contributed by atoms with van der Waals surface area (Å²) in [4.78, 5) is 37.3. The van der Waals surface area contributed by atoms with Gasteiger partial charge in [-0.2, -0.15) is 0 Å². The molecule has 9 nitrogen and oxygen atoms in total. The molecule has 1 aromatic heterocycles. The van der Waals surface area contributed by atoms with Gasteiger partial charge in [-0.05, 0) is 43.4 Å². The van der Waals surface area contributed by atoms with Gasteiger partial charge in [0.25, 0.3) is 17.7 Å². The molecule has 0 bridgehead atoms. The van der Waals surface area contributed by atoms with Crippen LogP contribution in [-0.2, 0) is 17.6 Å². The highest BCUT2D eigenvalue weighted by molar-refractivity contribution is 7.17. The van der Waals surface area contributed by atoms with Gasteiger partial charge in [0, 0.05) is 10.4 Å². The summed E-state index contributed by atoms with van der Waals surface area (Å²) >= 11 is 1.39. The quantitative estimate of drug-likeness (QED) is 0.530. The number of nitrogens with one attached hydrogen (secondary N) is 1. The fourth-order valence-electron chi connectivity index (χ4n) is 3.56. The Morgan fingerprint density at radius 3 is 2.26 bits per heavy atom. The monoisotopic (exact) mass is 447 g/mol. The van der Waals surface area contributed by atoms with E-state index in [2.05, 4.69) is 5.32 Å². The van der Waals surface area contributed by atoms with Gasteiger partial charge in [0.2, 0.25) is 5.75 Å². The van der Waals surface area contributed by atoms with E-state index < -0.39 is 17.7 Å². The maximum absolute atomic E-state index is 13.0. The molecule has 10 heteroatoms. The Bertz CT molecular complexity index is 992. The Hall–Kier alpha value is -3.27. The largest absolute Gasteiger partial charge is 0.493 e. The predicted octanol–water partition coefficient (Wildman–Crippen LogP) is 2.25. The van der Waals surface area contributed by atoms with Crippen molar-refractivity contribution in [2.45, 2.75) is 32.1 Å². The van der Waals surface area contributed by atoms with E-state index in [-0.39, 0.29) is 29.4 Å². The second kappa shape index (κ2) is 9.69. The Balaban J connectivity index is 1.93. The number of carbonyl (C=O) groups is 3. The molecule has 5 N–H and O–H groups in total. The third-order valence-electron chi connectivity index (χ3n) is 4.98. The molecule has 3 rings (SSSR count). The zero-order valence-electron chi connectivity index (χ0n) is 17.4. The smallest absolute Gasteiger partial charge is 0.256 e. The van der Waals surface area contributed by atoms with Crippen molar-refractivity contribution in [1.29, 1.82) is 0 Å². The third-order valence-corrected chi connectivity index (χ3v) is 6.18. The highest BCUT2D eigenvalue weighted by Gasteiger charge is 2.25. The van der Waals surface area contributed by atoms with E-state index in [1.54, 1.807) is 0 Å². The molecule has 2 aromatic rings. The summed E-state index contributed by atoms with van der Waals surface area (Å²) in [7, 11) is 2.80. The van der Waals surface area contributed by atoms with Crippen LogP contribution < -0.4 is 31.0 Å². The van der Waals surface area contributed by atoms with Crippen molar-refractivity contribution in [3.63, 3.8) is 0 Å². The number of hydrogen-bond acceptors (Lipinski definition) is 7. The van der Waals surface area contributed by atoms with Gasteiger partial charge in [-0.25, -0.2) is 0 Å². The van der Waals surface area contributed by atoms with Gasteiger partial charge in [0.1, 0.15) is 5.00 Å². The number of hydrogen-bond donors (Lipinski definition) is 3. The van der Waals surface area contributed by atoms with Gasteiger partial charge >= 0.3 is 0 Å². The second-order valence-electron chi connectivity index (χ2n) is 7.05. The highest BCUT2D eigenvalue weighted by Crippen LogP contribution is 2.40. The van der Waals surface area contributed by atoms with Gasteiger partial charge < -0.3 is 31.0 Å². The fourth-order valence-corrected chi connectivity index (χ4v) is 4.85. The zero-order valence-corrected chi connectivity index (χ0v) is 18.2. The van der Waals surface area contributed by atoms with Crippen molar-refractivity contribution in [3.8, 4) is 17.2 Å². The summed E-state index contributed by atoms with van der Waals surface area (Å²) in [6, 6.07) is 2.91. The van der Waals surface area contributed by atoms with Crippen LogP contribution in [0.5, 0.6) is 17.2 Å². The fraction of sp³-hybridized carbons (Fsp3) is 0.381. The molecule has 0 saturated heterocycles. The van der Waals surface area contributed by atoms with Crippen LogP contribution in [0.2, 0.25) is 0 Å². The van der Waals surface area contributed by atoms with Gasteiger partial charge in [0.05, 0.1) is 19.8 Å². The minimum atomic E-state index is -0.664. The molecule has 0 fully saturated rings. The maximum Gasteiger partial charge on any atom is 0.256 e. The van der Waals surface area contributed by atoms with Gasteiger partial charge in [0.15, 0.2) is 18.1 Å². The SMILES string of the molecule is COc1cc(C(=O)Nc2sc3c(c2C(N)=O)CCCCC3)cc(OC)c1OCC(N)=O. The average molecular weight is 448 g/mol. The lowest BCUT2D eigenvalue weighted by molar-refractivity contribution is -0.120. The Morgan fingerprint density at radius 2 is 1.68 bits per heavy atom. The molecule has 166 valence electrons. The van der Waals surface area contributed by atoms with E-state index in [1.165, 1.54) is 37.7 Å². The molecule has 0 spiro atoms. The third kappa shape index (κ3) is 4.91. The molecule has 1 aliphatic carbocycles. The predicted molar refractivity (Wildman–Crippen MR) is 116 cm³/mol. The van der Waals surface area contributed by atoms with Crippen molar-refractivity contribution in [3.05, 3.63) is 33.7 Å². The molecule has 31 heavy (non-hydrogen) atoms. The summed E-state index contributed by atoms with van der Waals surface area (Å²) in [6.45, 7) is -0.374. The van der Waals surface area contributed by atoms with Crippen molar-refractivity contribution < 1.29 is 28.6 Å². The minimum absolute atomic E-state index is 0.154. The lowest BCUT2D eigenvalue weighted by Crippen LogP contribution is -2.21. The molecule has 3 amide bonds. The van der Waals surface area contributed by atoms with Crippen LogP contribution in [0.1, 0.15) is 50.4 Å². The zero-order chi connectivity index (χ0) is 22.5. The molecule has 1 aromatic carbocycles. The summed E-state index contributed by atoms with van der Waals surface area (Å²) < 4.78 is 16.0. The number of primary amides is 2. The number of thiophene rings is 1. The standard InChI is InChI=1S/C21H25N3O6S/c1-28-13-8-11(9-14(29-2)18(13)30-10-16(22)25)20(27)24-21-17(19(23)26)12-6-4-3-5-7-15(12)31-21/h8-9H,3-7,10H2,1-2H3,(H2,22,25)(H2,23,26)(H,24,27). The molecule has 1 aliphatic rings. The van der Waals surface area contributed by atoms with Gasteiger partial charge in [-0.3, -0.25) is 14.4 Å². The number of ether oxygens (including phenoxy) is 3. The molecular weight excluding hydrogens is 422 g/mol. The number of amides is 3. The molecule has 1 heterocycles. The first kappa shape index (κ1) is 22.4. The van der Waals surface area contributed by atoms with Crippen LogP contribution in [0.3, 0.4) is 0 Å². The lowest BCUT2D eigenvalue weighted by Gasteiger charge is -2.15. The summed E-state index contributed by atoms with van der Waals surface area (Å²) in [6.07, 6.45) is 4.76. The van der Waals surface area contributed by atoms with Crippen LogP contribution in [0.15, 0.2) is 12.1 Å². The number of nitrogens with two attached hydrogens (primary N) is 2. The first-order valence-electron chi connectivity index (χ1n) is 9.78. The van der Waals surface area contributed by atoms with Crippen LogP contribution in [0, 0.1) is 0 Å². The van der Waals surface area contributed by atoms with Crippen LogP contribution in [-0.4, -0.2) is 38.5 Å². The van der Waals surface area contributed by atoms with Crippen LogP contribution in [0.4, 0.5) is 5.00 Å². The van der Waals surface area contributed by atoms with Crippen molar-refractivity contribution in [2.75, 3.05) is 26.1 Å². The summed E-state index contributed by atoms with van der Waals surface area (Å²) in [5, 5.41) is 3.25. The number of fused-ring (bicyclic) bond motifs is 1. The molecule has 0 radical (unpaired) electrons. The van der Waals surface area contributed by atoms with E-state index in [0.717, 1.165) is 42.5 Å². The Morgan fingerprint density at radius 1 is 1.03 bits per heavy atom. The number of aryl methyl sites for hydroxylation is 1. The van der Waals surface area contributed by atoms with Crippen LogP contribution in [0.25, 0.3) is 0 Å².